The molecule has 0 amide bonds. The fourth-order valence-corrected chi connectivity index (χ4v) is 5.81. The Balaban J connectivity index is 2.26. The molecule has 172 valence electrons. The van der Waals surface area contributed by atoms with Gasteiger partial charge in [-0.1, -0.05) is 47.2 Å². The molecule has 1 saturated heterocycles. The van der Waals surface area contributed by atoms with E-state index in [-0.39, 0.29) is 5.25 Å². The van der Waals surface area contributed by atoms with E-state index in [9.17, 15) is 14.7 Å². The summed E-state index contributed by atoms with van der Waals surface area (Å²) >= 11 is 6.36. The number of nitrogens with zero attached hydrogens (tertiary/aromatic N) is 3. The van der Waals surface area contributed by atoms with Gasteiger partial charge in [0.1, 0.15) is 11.1 Å². The number of likely N-dealkylation sites (tertiary alicyclic amines) is 1. The highest BCUT2D eigenvalue weighted by atomic mass is 35.5. The van der Waals surface area contributed by atoms with Gasteiger partial charge in [-0.15, -0.1) is 5.10 Å². The van der Waals surface area contributed by atoms with Gasteiger partial charge in [-0.2, -0.15) is 5.10 Å². The molecule has 1 fully saturated rings. The van der Waals surface area contributed by atoms with Crippen molar-refractivity contribution in [2.24, 2.45) is 10.2 Å². The number of benzene rings is 1. The largest absolute Gasteiger partial charge is 0.478 e. The maximum atomic E-state index is 12.6. The van der Waals surface area contributed by atoms with Gasteiger partial charge < -0.3 is 9.84 Å². The number of carbonyl (C=O) groups excluding carboxylic acids is 1. The zero-order chi connectivity index (χ0) is 23.7. The molecule has 1 aliphatic heterocycles. The van der Waals surface area contributed by atoms with Crippen molar-refractivity contribution in [2.45, 2.75) is 31.6 Å². The molecule has 1 heterocycles. The number of piperidine rings is 1. The van der Waals surface area contributed by atoms with E-state index in [4.69, 9.17) is 16.3 Å². The fourth-order valence-electron chi connectivity index (χ4n) is 3.14. The van der Waals surface area contributed by atoms with Crippen molar-refractivity contribution in [1.82, 2.24) is 4.90 Å². The summed E-state index contributed by atoms with van der Waals surface area (Å²) in [5.41, 5.74) is 2.15. The molecule has 0 saturated carbocycles. The van der Waals surface area contributed by atoms with Crippen LogP contribution in [0.1, 0.15) is 31.9 Å². The SMILES string of the molecule is C=C/C(=N\N=C(C)C)SSC1CCN(C(C(=O)OC)c2ccccc2Cl)C/C1=C/C(=O)O. The number of hydrogen-bond donors (Lipinski definition) is 1. The number of ether oxygens (including phenoxy) is 1. The van der Waals surface area contributed by atoms with Crippen LogP contribution in [0.2, 0.25) is 5.02 Å². The molecule has 1 aromatic carbocycles. The molecule has 1 aromatic rings. The van der Waals surface area contributed by atoms with Crippen molar-refractivity contribution < 1.29 is 19.4 Å². The minimum absolute atomic E-state index is 0.0752. The minimum Gasteiger partial charge on any atom is -0.478 e. The molecule has 0 radical (unpaired) electrons. The molecule has 1 N–H and O–H groups in total. The van der Waals surface area contributed by atoms with E-state index < -0.39 is 18.0 Å². The lowest BCUT2D eigenvalue weighted by molar-refractivity contribution is -0.147. The van der Waals surface area contributed by atoms with Crippen molar-refractivity contribution >= 4 is 55.9 Å². The van der Waals surface area contributed by atoms with Crippen LogP contribution in [0.4, 0.5) is 0 Å². The molecule has 10 heteroatoms. The van der Waals surface area contributed by atoms with E-state index in [1.807, 2.05) is 18.7 Å². The molecule has 0 spiro atoms. The number of rotatable bonds is 8. The summed E-state index contributed by atoms with van der Waals surface area (Å²) in [6.07, 6.45) is 3.46. The lowest BCUT2D eigenvalue weighted by Crippen LogP contribution is -2.42. The zero-order valence-corrected chi connectivity index (χ0v) is 20.5. The number of hydrogen-bond acceptors (Lipinski definition) is 8. The maximum Gasteiger partial charge on any atom is 0.328 e. The van der Waals surface area contributed by atoms with Gasteiger partial charge in [0.05, 0.1) is 7.11 Å². The van der Waals surface area contributed by atoms with Crippen LogP contribution < -0.4 is 0 Å². The molecule has 1 aliphatic rings. The molecule has 0 aliphatic carbocycles. The molecule has 0 aromatic heterocycles. The maximum absolute atomic E-state index is 12.6. The molecule has 0 bridgehead atoms. The Hall–Kier alpha value is -2.07. The first-order valence-corrected chi connectivity index (χ1v) is 12.4. The van der Waals surface area contributed by atoms with Crippen molar-refractivity contribution in [2.75, 3.05) is 20.2 Å². The van der Waals surface area contributed by atoms with Crippen LogP contribution in [0.5, 0.6) is 0 Å². The molecule has 2 rings (SSSR count). The lowest BCUT2D eigenvalue weighted by atomic mass is 9.98. The second kappa shape index (κ2) is 12.8. The summed E-state index contributed by atoms with van der Waals surface area (Å²) in [6, 6.07) is 6.37. The van der Waals surface area contributed by atoms with Crippen molar-refractivity contribution in [3.8, 4) is 0 Å². The van der Waals surface area contributed by atoms with Crippen LogP contribution >= 0.6 is 33.2 Å². The molecule has 2 unspecified atom stereocenters. The predicted octanol–water partition coefficient (Wildman–Crippen LogP) is 5.00. The van der Waals surface area contributed by atoms with E-state index >= 15 is 0 Å². The molecule has 32 heavy (non-hydrogen) atoms. The van der Waals surface area contributed by atoms with Crippen LogP contribution in [0.3, 0.4) is 0 Å². The minimum atomic E-state index is -1.03. The van der Waals surface area contributed by atoms with Gasteiger partial charge >= 0.3 is 11.9 Å². The van der Waals surface area contributed by atoms with E-state index in [0.717, 1.165) is 5.71 Å². The first-order valence-electron chi connectivity index (χ1n) is 9.81. The lowest BCUT2D eigenvalue weighted by Gasteiger charge is -2.37. The fraction of sp³-hybridized carbons (Fsp3) is 0.364. The number of methoxy groups -OCH3 is 1. The number of halogens is 1. The van der Waals surface area contributed by atoms with Gasteiger partial charge in [-0.3, -0.25) is 4.90 Å². The monoisotopic (exact) mass is 495 g/mol. The van der Waals surface area contributed by atoms with Gasteiger partial charge in [-0.25, -0.2) is 9.59 Å². The molecule has 2 atom stereocenters. The van der Waals surface area contributed by atoms with Crippen molar-refractivity contribution in [1.29, 1.82) is 0 Å². The van der Waals surface area contributed by atoms with Gasteiger partial charge in [-0.05, 0) is 54.3 Å². The molecule has 7 nitrogen and oxygen atoms in total. The third-order valence-corrected chi connectivity index (χ3v) is 7.68. The predicted molar refractivity (Wildman–Crippen MR) is 134 cm³/mol. The third kappa shape index (κ3) is 7.51. The number of carboxylic acid groups (broad SMARTS) is 1. The Kier molecular flexibility index (Phi) is 10.5. The Bertz CT molecular complexity index is 945. The molecular weight excluding hydrogens is 470 g/mol. The van der Waals surface area contributed by atoms with E-state index in [0.29, 0.717) is 40.7 Å². The summed E-state index contributed by atoms with van der Waals surface area (Å²) in [6.45, 7) is 8.32. The zero-order valence-electron chi connectivity index (χ0n) is 18.2. The Morgan fingerprint density at radius 1 is 1.34 bits per heavy atom. The summed E-state index contributed by atoms with van der Waals surface area (Å²) in [5, 5.41) is 18.6. The van der Waals surface area contributed by atoms with Crippen LogP contribution in [-0.2, 0) is 14.3 Å². The third-order valence-electron chi connectivity index (χ3n) is 4.55. The van der Waals surface area contributed by atoms with Gasteiger partial charge in [0.25, 0.3) is 0 Å². The first-order chi connectivity index (χ1) is 15.3. The Morgan fingerprint density at radius 2 is 2.06 bits per heavy atom. The number of esters is 1. The average Bonchev–Trinajstić information content (AvgIpc) is 2.75. The summed E-state index contributed by atoms with van der Waals surface area (Å²) < 4.78 is 5.03. The second-order valence-electron chi connectivity index (χ2n) is 7.12. The highest BCUT2D eigenvalue weighted by Crippen LogP contribution is 2.40. The standard InChI is InChI=1S/C22H26ClN3O4S2/c1-5-19(25-24-14(2)3)32-31-18-10-11-26(13-15(18)12-20(27)28)21(22(29)30-4)16-8-6-7-9-17(16)23/h5-9,12,18,21H,1,10-11,13H2,2-4H3,(H,27,28)/b15-12-,25-19+. The Morgan fingerprint density at radius 3 is 2.66 bits per heavy atom. The number of aliphatic carboxylic acids is 1. The summed E-state index contributed by atoms with van der Waals surface area (Å²) in [4.78, 5) is 26.0. The van der Waals surface area contributed by atoms with Gasteiger partial charge in [0.15, 0.2) is 0 Å². The average molecular weight is 496 g/mol. The highest BCUT2D eigenvalue weighted by Gasteiger charge is 2.35. The van der Waals surface area contributed by atoms with Crippen LogP contribution in [-0.4, -0.2) is 58.1 Å². The topological polar surface area (TPSA) is 91.6 Å². The second-order valence-corrected chi connectivity index (χ2v) is 9.95. The normalized spacial score (nSPS) is 19.3. The van der Waals surface area contributed by atoms with E-state index in [2.05, 4.69) is 16.8 Å². The van der Waals surface area contributed by atoms with Gasteiger partial charge in [0.2, 0.25) is 0 Å². The van der Waals surface area contributed by atoms with E-state index in [1.54, 1.807) is 30.3 Å². The first kappa shape index (κ1) is 26.2. The van der Waals surface area contributed by atoms with E-state index in [1.165, 1.54) is 34.8 Å². The summed E-state index contributed by atoms with van der Waals surface area (Å²) in [5.74, 6) is -1.48. The Labute approximate surface area is 201 Å². The van der Waals surface area contributed by atoms with Crippen LogP contribution in [0.25, 0.3) is 0 Å². The van der Waals surface area contributed by atoms with Crippen molar-refractivity contribution in [3.63, 3.8) is 0 Å². The quantitative estimate of drug-likeness (QED) is 0.135. The van der Waals surface area contributed by atoms with Crippen molar-refractivity contribution in [3.05, 3.63) is 59.2 Å². The smallest absolute Gasteiger partial charge is 0.328 e. The highest BCUT2D eigenvalue weighted by molar-refractivity contribution is 8.82. The summed E-state index contributed by atoms with van der Waals surface area (Å²) in [7, 11) is 4.23. The number of carboxylic acids is 1. The van der Waals surface area contributed by atoms with Gasteiger partial charge in [0, 0.05) is 35.1 Å². The molecular formula is C22H26ClN3O4S2. The number of carbonyl (C=O) groups is 2. The van der Waals surface area contributed by atoms with Crippen LogP contribution in [0.15, 0.2) is 58.8 Å². The van der Waals surface area contributed by atoms with Crippen LogP contribution in [0, 0.1) is 0 Å².